The molecule has 0 spiro atoms. The van der Waals surface area contributed by atoms with Crippen molar-refractivity contribution in [3.63, 3.8) is 0 Å². The average molecular weight is 200 g/mol. The largest absolute Gasteiger partial charge is 0.329 e. The first kappa shape index (κ1) is 9.69. The van der Waals surface area contributed by atoms with Crippen LogP contribution in [0.5, 0.6) is 0 Å². The van der Waals surface area contributed by atoms with Gasteiger partial charge in [-0.15, -0.1) is 0 Å². The van der Waals surface area contributed by atoms with Gasteiger partial charge >= 0.3 is 0 Å². The molecule has 0 aromatic heterocycles. The normalized spacial score (nSPS) is 10.8. The van der Waals surface area contributed by atoms with Gasteiger partial charge in [-0.25, -0.2) is 13.6 Å². The maximum Gasteiger partial charge on any atom is 0.238 e. The summed E-state index contributed by atoms with van der Waals surface area (Å²) < 4.78 is 21.6. The summed E-state index contributed by atoms with van der Waals surface area (Å²) in [7, 11) is -3.65. The monoisotopic (exact) mass is 200 g/mol. The van der Waals surface area contributed by atoms with Gasteiger partial charge in [0.2, 0.25) is 16.4 Å². The van der Waals surface area contributed by atoms with E-state index < -0.39 is 10.0 Å². The van der Waals surface area contributed by atoms with Crippen LogP contribution in [0.15, 0.2) is 29.2 Å². The maximum atomic E-state index is 10.8. The van der Waals surface area contributed by atoms with E-state index in [1.54, 1.807) is 0 Å². The number of nitrogens with one attached hydrogen (secondary N) is 1. The molecular weight excluding hydrogens is 192 g/mol. The van der Waals surface area contributed by atoms with Crippen molar-refractivity contribution < 1.29 is 13.2 Å². The van der Waals surface area contributed by atoms with Gasteiger partial charge in [-0.05, 0) is 24.3 Å². The second-order valence-electron chi connectivity index (χ2n) is 2.33. The first-order valence-electron chi connectivity index (χ1n) is 3.37. The highest BCUT2D eigenvalue weighted by atomic mass is 32.2. The van der Waals surface area contributed by atoms with Crippen molar-refractivity contribution in [1.82, 2.24) is 0 Å². The Morgan fingerprint density at radius 1 is 1.23 bits per heavy atom. The second-order valence-corrected chi connectivity index (χ2v) is 3.89. The molecule has 0 radical (unpaired) electrons. The molecule has 6 heteroatoms. The van der Waals surface area contributed by atoms with Gasteiger partial charge in [0.25, 0.3) is 0 Å². The second kappa shape index (κ2) is 3.55. The molecule has 1 amide bonds. The SMILES string of the molecule is NS(=O)(=O)c1ccc(NC=O)cc1. The highest BCUT2D eigenvalue weighted by Crippen LogP contribution is 2.11. The molecule has 1 aromatic rings. The Balaban J connectivity index is 3.01. The van der Waals surface area contributed by atoms with Crippen LogP contribution in [0.2, 0.25) is 0 Å². The van der Waals surface area contributed by atoms with Gasteiger partial charge in [-0.2, -0.15) is 0 Å². The Hall–Kier alpha value is -1.40. The molecule has 3 N–H and O–H groups in total. The van der Waals surface area contributed by atoms with E-state index in [0.717, 1.165) is 0 Å². The van der Waals surface area contributed by atoms with Crippen LogP contribution in [0.4, 0.5) is 5.69 Å². The predicted octanol–water partition coefficient (Wildman–Crippen LogP) is -0.0977. The summed E-state index contributed by atoms with van der Waals surface area (Å²) >= 11 is 0. The molecule has 0 aliphatic heterocycles. The molecule has 1 aromatic carbocycles. The van der Waals surface area contributed by atoms with E-state index in [2.05, 4.69) is 5.32 Å². The molecule has 13 heavy (non-hydrogen) atoms. The van der Waals surface area contributed by atoms with Gasteiger partial charge in [-0.3, -0.25) is 4.79 Å². The van der Waals surface area contributed by atoms with Crippen LogP contribution in [0, 0.1) is 0 Å². The molecule has 0 atom stereocenters. The highest BCUT2D eigenvalue weighted by molar-refractivity contribution is 7.89. The fourth-order valence-electron chi connectivity index (χ4n) is 0.809. The zero-order valence-corrected chi connectivity index (χ0v) is 7.41. The minimum atomic E-state index is -3.65. The third kappa shape index (κ3) is 2.53. The van der Waals surface area contributed by atoms with E-state index in [-0.39, 0.29) is 4.90 Å². The number of sulfonamides is 1. The van der Waals surface area contributed by atoms with Gasteiger partial charge in [0.05, 0.1) is 4.90 Å². The van der Waals surface area contributed by atoms with Crippen LogP contribution in [-0.2, 0) is 14.8 Å². The Morgan fingerprint density at radius 2 is 1.77 bits per heavy atom. The van der Waals surface area contributed by atoms with Crippen LogP contribution in [0.1, 0.15) is 0 Å². The quantitative estimate of drug-likeness (QED) is 0.668. The number of hydrogen-bond donors (Lipinski definition) is 2. The van der Waals surface area contributed by atoms with E-state index in [1.165, 1.54) is 24.3 Å². The lowest BCUT2D eigenvalue weighted by molar-refractivity contribution is -0.105. The van der Waals surface area contributed by atoms with Crippen LogP contribution in [0.25, 0.3) is 0 Å². The van der Waals surface area contributed by atoms with Gasteiger partial charge < -0.3 is 5.32 Å². The summed E-state index contributed by atoms with van der Waals surface area (Å²) in [6.07, 6.45) is 0.506. The Kier molecular flexibility index (Phi) is 2.64. The first-order chi connectivity index (χ1) is 6.04. The molecule has 0 bridgehead atoms. The van der Waals surface area contributed by atoms with Crippen molar-refractivity contribution in [2.24, 2.45) is 5.14 Å². The highest BCUT2D eigenvalue weighted by Gasteiger charge is 2.05. The summed E-state index contributed by atoms with van der Waals surface area (Å²) in [5.74, 6) is 0. The molecule has 0 saturated heterocycles. The Morgan fingerprint density at radius 3 is 2.15 bits per heavy atom. The van der Waals surface area contributed by atoms with Gasteiger partial charge in [-0.1, -0.05) is 0 Å². The smallest absolute Gasteiger partial charge is 0.238 e. The van der Waals surface area contributed by atoms with E-state index in [1.807, 2.05) is 0 Å². The summed E-state index contributed by atoms with van der Waals surface area (Å²) in [5, 5.41) is 7.23. The summed E-state index contributed by atoms with van der Waals surface area (Å²) in [4.78, 5) is 10.0. The van der Waals surface area contributed by atoms with Gasteiger partial charge in [0, 0.05) is 5.69 Å². The van der Waals surface area contributed by atoms with Crippen molar-refractivity contribution in [3.8, 4) is 0 Å². The van der Waals surface area contributed by atoms with Crippen molar-refractivity contribution in [1.29, 1.82) is 0 Å². The van der Waals surface area contributed by atoms with Crippen molar-refractivity contribution in [2.45, 2.75) is 4.90 Å². The number of primary sulfonamides is 1. The van der Waals surface area contributed by atoms with E-state index in [4.69, 9.17) is 5.14 Å². The summed E-state index contributed by atoms with van der Waals surface area (Å²) in [5.41, 5.74) is 0.516. The molecule has 0 aliphatic rings. The molecule has 0 unspecified atom stereocenters. The zero-order valence-electron chi connectivity index (χ0n) is 6.60. The number of hydrogen-bond acceptors (Lipinski definition) is 3. The molecule has 0 fully saturated rings. The average Bonchev–Trinajstić information content (AvgIpc) is 2.04. The Labute approximate surface area is 75.6 Å². The molecule has 1 rings (SSSR count). The standard InChI is InChI=1S/C7H8N2O3S/c8-13(11,12)7-3-1-6(2-4-7)9-5-10/h1-5H,(H,9,10)(H2,8,11,12). The van der Waals surface area contributed by atoms with Gasteiger partial charge in [0.1, 0.15) is 0 Å². The lowest BCUT2D eigenvalue weighted by Crippen LogP contribution is -2.11. The number of amides is 1. The van der Waals surface area contributed by atoms with Crippen molar-refractivity contribution in [2.75, 3.05) is 5.32 Å². The Bertz CT molecular complexity index is 396. The first-order valence-corrected chi connectivity index (χ1v) is 4.92. The van der Waals surface area contributed by atoms with E-state index in [9.17, 15) is 13.2 Å². The fraction of sp³-hybridized carbons (Fsp3) is 0. The zero-order chi connectivity index (χ0) is 9.90. The minimum absolute atomic E-state index is 0.0175. The van der Waals surface area contributed by atoms with E-state index in [0.29, 0.717) is 12.1 Å². The molecule has 0 heterocycles. The number of carbonyl (C=O) groups excluding carboxylic acids is 1. The van der Waals surface area contributed by atoms with Crippen LogP contribution in [0.3, 0.4) is 0 Å². The predicted molar refractivity (Wildman–Crippen MR) is 47.5 cm³/mol. The van der Waals surface area contributed by atoms with Crippen LogP contribution < -0.4 is 10.5 Å². The summed E-state index contributed by atoms with van der Waals surface area (Å²) in [6.45, 7) is 0. The third-order valence-electron chi connectivity index (χ3n) is 1.41. The molecule has 0 saturated carbocycles. The molecule has 70 valence electrons. The van der Waals surface area contributed by atoms with Gasteiger partial charge in [0.15, 0.2) is 0 Å². The van der Waals surface area contributed by atoms with Crippen molar-refractivity contribution in [3.05, 3.63) is 24.3 Å². The lowest BCUT2D eigenvalue weighted by Gasteiger charge is -1.99. The molecule has 0 aliphatic carbocycles. The minimum Gasteiger partial charge on any atom is -0.329 e. The number of rotatable bonds is 3. The lowest BCUT2D eigenvalue weighted by atomic mass is 10.3. The summed E-state index contributed by atoms with van der Waals surface area (Å²) in [6, 6.07) is 5.55. The molecular formula is C7H8N2O3S. The van der Waals surface area contributed by atoms with Crippen LogP contribution >= 0.6 is 0 Å². The third-order valence-corrected chi connectivity index (χ3v) is 2.34. The number of carbonyl (C=O) groups is 1. The topological polar surface area (TPSA) is 89.3 Å². The molecule has 5 nitrogen and oxygen atoms in total. The van der Waals surface area contributed by atoms with Crippen molar-refractivity contribution >= 4 is 22.1 Å². The number of anilines is 1. The van der Waals surface area contributed by atoms with Crippen LogP contribution in [-0.4, -0.2) is 14.8 Å². The number of benzene rings is 1. The maximum absolute atomic E-state index is 10.8. The van der Waals surface area contributed by atoms with E-state index >= 15 is 0 Å². The number of nitrogens with two attached hydrogens (primary N) is 1. The fourth-order valence-corrected chi connectivity index (χ4v) is 1.32.